The first-order chi connectivity index (χ1) is 12.7. The van der Waals surface area contributed by atoms with Gasteiger partial charge < -0.3 is 4.90 Å². The van der Waals surface area contributed by atoms with E-state index in [1.165, 1.54) is 0 Å². The van der Waals surface area contributed by atoms with Crippen LogP contribution < -0.4 is 10.9 Å². The summed E-state index contributed by atoms with van der Waals surface area (Å²) in [7, 11) is 0. The van der Waals surface area contributed by atoms with Crippen LogP contribution in [0.25, 0.3) is 0 Å². The van der Waals surface area contributed by atoms with Gasteiger partial charge in [0.1, 0.15) is 6.04 Å². The fourth-order valence-electron chi connectivity index (χ4n) is 3.02. The van der Waals surface area contributed by atoms with Gasteiger partial charge in [-0.3, -0.25) is 9.78 Å². The summed E-state index contributed by atoms with van der Waals surface area (Å²) in [5, 5.41) is 8.91. The summed E-state index contributed by atoms with van der Waals surface area (Å²) in [6.07, 6.45) is 4.42. The number of hydrogen-bond donors (Lipinski definition) is 2. The molecule has 26 heavy (non-hydrogen) atoms. The molecule has 1 amide bonds. The van der Waals surface area contributed by atoms with E-state index >= 15 is 0 Å². The monoisotopic (exact) mass is 413 g/mol. The molecule has 2 aromatic rings. The van der Waals surface area contributed by atoms with Crippen LogP contribution in [0.2, 0.25) is 0 Å². The number of amides is 1. The highest BCUT2D eigenvalue weighted by atomic mass is 79.9. The fourth-order valence-corrected chi connectivity index (χ4v) is 3.28. The zero-order valence-electron chi connectivity index (χ0n) is 14.2. The van der Waals surface area contributed by atoms with Crippen molar-refractivity contribution in [1.29, 1.82) is 5.26 Å². The molecule has 2 atom stereocenters. The van der Waals surface area contributed by atoms with Gasteiger partial charge in [0.15, 0.2) is 0 Å². The average molecular weight is 414 g/mol. The van der Waals surface area contributed by atoms with Gasteiger partial charge in [-0.05, 0) is 35.7 Å². The third-order valence-corrected chi connectivity index (χ3v) is 4.90. The molecule has 0 bridgehead atoms. The Hall–Kier alpha value is -2.27. The van der Waals surface area contributed by atoms with E-state index in [2.05, 4.69) is 37.8 Å². The van der Waals surface area contributed by atoms with Crippen LogP contribution in [0.5, 0.6) is 0 Å². The lowest BCUT2D eigenvalue weighted by Crippen LogP contribution is -2.45. The number of carbonyl (C=O) groups excluding carboxylic acids is 1. The van der Waals surface area contributed by atoms with E-state index < -0.39 is 0 Å². The number of hydrazine groups is 1. The van der Waals surface area contributed by atoms with Crippen molar-refractivity contribution in [3.63, 3.8) is 0 Å². The van der Waals surface area contributed by atoms with E-state index in [0.29, 0.717) is 25.9 Å². The highest BCUT2D eigenvalue weighted by molar-refractivity contribution is 9.10. The molecule has 1 aromatic heterocycles. The van der Waals surface area contributed by atoms with Crippen LogP contribution in [0.3, 0.4) is 0 Å². The molecule has 1 aromatic carbocycles. The Morgan fingerprint density at radius 1 is 1.31 bits per heavy atom. The highest BCUT2D eigenvalue weighted by Crippen LogP contribution is 2.25. The van der Waals surface area contributed by atoms with Gasteiger partial charge in [-0.15, -0.1) is 0 Å². The maximum absolute atomic E-state index is 13.0. The minimum atomic E-state index is -0.320. The SMILES string of the molecule is N#CCCN(Cc1cccnc1)C(=O)C1CC(c2ccc(Br)cc2)NN1. The van der Waals surface area contributed by atoms with Gasteiger partial charge in [-0.25, -0.2) is 10.9 Å². The van der Waals surface area contributed by atoms with E-state index in [9.17, 15) is 4.79 Å². The van der Waals surface area contributed by atoms with Gasteiger partial charge in [-0.2, -0.15) is 5.26 Å². The lowest BCUT2D eigenvalue weighted by molar-refractivity contribution is -0.133. The summed E-state index contributed by atoms with van der Waals surface area (Å²) in [5.41, 5.74) is 8.40. The van der Waals surface area contributed by atoms with E-state index in [1.807, 2.05) is 36.4 Å². The normalized spacial score (nSPS) is 19.1. The van der Waals surface area contributed by atoms with Crippen LogP contribution in [-0.2, 0) is 11.3 Å². The number of aromatic nitrogens is 1. The molecule has 1 saturated heterocycles. The Balaban J connectivity index is 1.66. The molecule has 0 radical (unpaired) electrons. The van der Waals surface area contributed by atoms with Crippen LogP contribution in [0.1, 0.15) is 30.0 Å². The minimum Gasteiger partial charge on any atom is -0.336 e. The van der Waals surface area contributed by atoms with Gasteiger partial charge in [-0.1, -0.05) is 34.1 Å². The molecule has 1 aliphatic heterocycles. The molecule has 1 aliphatic rings. The van der Waals surface area contributed by atoms with Crippen molar-refractivity contribution in [2.45, 2.75) is 31.5 Å². The molecule has 2 unspecified atom stereocenters. The van der Waals surface area contributed by atoms with Crippen LogP contribution >= 0.6 is 15.9 Å². The van der Waals surface area contributed by atoms with Crippen molar-refractivity contribution in [3.05, 3.63) is 64.4 Å². The number of nitriles is 1. The van der Waals surface area contributed by atoms with E-state index in [0.717, 1.165) is 15.6 Å². The number of pyridine rings is 1. The third kappa shape index (κ3) is 4.67. The highest BCUT2D eigenvalue weighted by Gasteiger charge is 2.32. The van der Waals surface area contributed by atoms with Crippen molar-refractivity contribution in [1.82, 2.24) is 20.7 Å². The summed E-state index contributed by atoms with van der Waals surface area (Å²) < 4.78 is 1.03. The lowest BCUT2D eigenvalue weighted by Gasteiger charge is -2.24. The smallest absolute Gasteiger partial charge is 0.241 e. The molecule has 134 valence electrons. The van der Waals surface area contributed by atoms with Crippen molar-refractivity contribution < 1.29 is 4.79 Å². The molecular weight excluding hydrogens is 394 g/mol. The second-order valence-electron chi connectivity index (χ2n) is 6.21. The molecule has 2 heterocycles. The molecule has 0 saturated carbocycles. The van der Waals surface area contributed by atoms with E-state index in [4.69, 9.17) is 5.26 Å². The van der Waals surface area contributed by atoms with Gasteiger partial charge in [0.25, 0.3) is 0 Å². The first kappa shape index (κ1) is 18.5. The molecule has 1 fully saturated rings. The number of nitrogens with zero attached hydrogens (tertiary/aromatic N) is 3. The second-order valence-corrected chi connectivity index (χ2v) is 7.13. The molecule has 2 N–H and O–H groups in total. The second kappa shape index (κ2) is 8.90. The topological polar surface area (TPSA) is 81.0 Å². The predicted octanol–water partition coefficient (Wildman–Crippen LogP) is 2.69. The molecule has 0 spiro atoms. The zero-order valence-corrected chi connectivity index (χ0v) is 15.8. The van der Waals surface area contributed by atoms with Crippen LogP contribution in [-0.4, -0.2) is 28.4 Å². The summed E-state index contributed by atoms with van der Waals surface area (Å²) >= 11 is 3.44. The Morgan fingerprint density at radius 2 is 2.12 bits per heavy atom. The van der Waals surface area contributed by atoms with Crippen molar-refractivity contribution in [2.24, 2.45) is 0 Å². The Kier molecular flexibility index (Phi) is 6.34. The zero-order chi connectivity index (χ0) is 18.4. The van der Waals surface area contributed by atoms with Crippen molar-refractivity contribution in [2.75, 3.05) is 6.54 Å². The fraction of sp³-hybridized carbons (Fsp3) is 0.316. The number of rotatable bonds is 6. The Morgan fingerprint density at radius 3 is 2.81 bits per heavy atom. The number of hydrogen-bond acceptors (Lipinski definition) is 5. The van der Waals surface area contributed by atoms with Gasteiger partial charge in [0, 0.05) is 36.0 Å². The predicted molar refractivity (Wildman–Crippen MR) is 101 cm³/mol. The van der Waals surface area contributed by atoms with Gasteiger partial charge in [0.2, 0.25) is 5.91 Å². The number of halogens is 1. The summed E-state index contributed by atoms with van der Waals surface area (Å²) in [6.45, 7) is 0.862. The average Bonchev–Trinajstić information content (AvgIpc) is 3.16. The number of nitrogens with one attached hydrogen (secondary N) is 2. The summed E-state index contributed by atoms with van der Waals surface area (Å²) in [4.78, 5) is 18.8. The van der Waals surface area contributed by atoms with Gasteiger partial charge in [0.05, 0.1) is 12.5 Å². The quantitative estimate of drug-likeness (QED) is 0.760. The first-order valence-electron chi connectivity index (χ1n) is 8.48. The van der Waals surface area contributed by atoms with Crippen LogP contribution in [0.4, 0.5) is 0 Å². The lowest BCUT2D eigenvalue weighted by atomic mass is 10.0. The maximum atomic E-state index is 13.0. The van der Waals surface area contributed by atoms with Crippen LogP contribution in [0.15, 0.2) is 53.3 Å². The van der Waals surface area contributed by atoms with Gasteiger partial charge >= 0.3 is 0 Å². The Labute approximate surface area is 161 Å². The van der Waals surface area contributed by atoms with E-state index in [-0.39, 0.29) is 18.0 Å². The number of carbonyl (C=O) groups is 1. The molecule has 0 aliphatic carbocycles. The standard InChI is InChI=1S/C19H20BrN5O/c20-16-6-4-15(5-7-16)17-11-18(24-23-17)19(26)25(10-2-8-21)13-14-3-1-9-22-12-14/h1,3-7,9,12,17-18,23-24H,2,10-11,13H2. The minimum absolute atomic E-state index is 0.00350. The molecule has 3 rings (SSSR count). The summed E-state index contributed by atoms with van der Waals surface area (Å²) in [6, 6.07) is 13.7. The molecule has 7 heteroatoms. The van der Waals surface area contributed by atoms with Crippen LogP contribution in [0, 0.1) is 11.3 Å². The summed E-state index contributed by atoms with van der Waals surface area (Å²) in [5.74, 6) is -0.00350. The first-order valence-corrected chi connectivity index (χ1v) is 9.28. The Bertz CT molecular complexity index is 775. The third-order valence-electron chi connectivity index (χ3n) is 4.38. The van der Waals surface area contributed by atoms with E-state index in [1.54, 1.807) is 17.3 Å². The van der Waals surface area contributed by atoms with Crippen molar-refractivity contribution >= 4 is 21.8 Å². The molecular formula is C19H20BrN5O. The molecule has 6 nitrogen and oxygen atoms in total. The largest absolute Gasteiger partial charge is 0.336 e. The number of benzene rings is 1. The van der Waals surface area contributed by atoms with Crippen molar-refractivity contribution in [3.8, 4) is 6.07 Å². The maximum Gasteiger partial charge on any atom is 0.241 e.